The molecular formula is C16H30N4O. The monoisotopic (exact) mass is 294 g/mol. The predicted molar refractivity (Wildman–Crippen MR) is 88.1 cm³/mol. The summed E-state index contributed by atoms with van der Waals surface area (Å²) in [5.74, 6) is 0.428. The summed E-state index contributed by atoms with van der Waals surface area (Å²) in [6.07, 6.45) is 8.51. The summed E-state index contributed by atoms with van der Waals surface area (Å²) in [5.41, 5.74) is 6.30. The number of nitrogens with two attached hydrogens (primary N) is 1. The van der Waals surface area contributed by atoms with E-state index in [2.05, 4.69) is 21.7 Å². The smallest absolute Gasteiger partial charge is 0.224 e. The van der Waals surface area contributed by atoms with E-state index in [4.69, 9.17) is 5.73 Å². The second-order valence-corrected chi connectivity index (χ2v) is 6.23. The van der Waals surface area contributed by atoms with Crippen LogP contribution in [0.15, 0.2) is 16.6 Å². The van der Waals surface area contributed by atoms with E-state index in [0.717, 1.165) is 25.5 Å². The van der Waals surface area contributed by atoms with Gasteiger partial charge in [-0.3, -0.25) is 9.79 Å². The average Bonchev–Trinajstić information content (AvgIpc) is 2.46. The Morgan fingerprint density at radius 1 is 1.38 bits per heavy atom. The molecule has 0 heterocycles. The van der Waals surface area contributed by atoms with Gasteiger partial charge in [0.1, 0.15) is 0 Å². The van der Waals surface area contributed by atoms with E-state index in [0.29, 0.717) is 6.54 Å². The molecule has 0 aromatic heterocycles. The lowest BCUT2D eigenvalue weighted by atomic mass is 9.93. The fraction of sp³-hybridized carbons (Fsp3) is 0.750. The number of nitrogens with one attached hydrogen (secondary N) is 2. The second-order valence-electron chi connectivity index (χ2n) is 6.23. The quantitative estimate of drug-likeness (QED) is 0.381. The fourth-order valence-corrected chi connectivity index (χ4v) is 2.17. The first kappa shape index (κ1) is 17.5. The lowest BCUT2D eigenvalue weighted by molar-refractivity contribution is -0.125. The molecule has 1 amide bonds. The van der Waals surface area contributed by atoms with E-state index in [1.807, 2.05) is 20.8 Å². The van der Waals surface area contributed by atoms with E-state index in [9.17, 15) is 4.79 Å². The molecule has 0 fully saturated rings. The number of aliphatic imine (C=N–C) groups is 1. The maximum atomic E-state index is 11.3. The Morgan fingerprint density at radius 3 is 2.71 bits per heavy atom. The minimum atomic E-state index is -0.617. The molecule has 1 rings (SSSR count). The highest BCUT2D eigenvalue weighted by atomic mass is 16.1. The van der Waals surface area contributed by atoms with Gasteiger partial charge in [0, 0.05) is 13.1 Å². The van der Waals surface area contributed by atoms with Crippen LogP contribution in [0.1, 0.15) is 52.9 Å². The molecule has 0 radical (unpaired) electrons. The van der Waals surface area contributed by atoms with Gasteiger partial charge in [-0.2, -0.15) is 0 Å². The van der Waals surface area contributed by atoms with Gasteiger partial charge in [-0.15, -0.1) is 0 Å². The zero-order valence-corrected chi connectivity index (χ0v) is 13.7. The first-order valence-electron chi connectivity index (χ1n) is 7.95. The minimum Gasteiger partial charge on any atom is -0.369 e. The molecule has 5 heteroatoms. The van der Waals surface area contributed by atoms with Gasteiger partial charge in [0.15, 0.2) is 5.96 Å². The molecule has 4 N–H and O–H groups in total. The molecule has 0 aromatic carbocycles. The van der Waals surface area contributed by atoms with Gasteiger partial charge in [-0.05, 0) is 52.9 Å². The summed E-state index contributed by atoms with van der Waals surface area (Å²) >= 11 is 0. The molecule has 120 valence electrons. The Balaban J connectivity index is 2.45. The van der Waals surface area contributed by atoms with Gasteiger partial charge in [0.2, 0.25) is 5.91 Å². The van der Waals surface area contributed by atoms with Crippen LogP contribution in [0.25, 0.3) is 0 Å². The van der Waals surface area contributed by atoms with E-state index >= 15 is 0 Å². The average molecular weight is 294 g/mol. The van der Waals surface area contributed by atoms with Crippen LogP contribution in [0.4, 0.5) is 0 Å². The number of hydrogen-bond acceptors (Lipinski definition) is 2. The number of guanidine groups is 1. The number of carbonyl (C=O) groups excluding carboxylic acids is 1. The standard InChI is InChI=1S/C16H30N4O/c1-4-18-15(20-12-16(2,3)14(17)21)19-11-10-13-8-6-5-7-9-13/h8H,4-7,9-12H2,1-3H3,(H2,17,21)(H2,18,19,20). The molecule has 0 saturated carbocycles. The van der Waals surface area contributed by atoms with Gasteiger partial charge >= 0.3 is 0 Å². The van der Waals surface area contributed by atoms with Crippen molar-refractivity contribution in [3.05, 3.63) is 11.6 Å². The molecule has 21 heavy (non-hydrogen) atoms. The molecule has 0 spiro atoms. The molecule has 5 nitrogen and oxygen atoms in total. The predicted octanol–water partition coefficient (Wildman–Crippen LogP) is 1.94. The maximum absolute atomic E-state index is 11.3. The van der Waals surface area contributed by atoms with Gasteiger partial charge in [-0.1, -0.05) is 11.6 Å². The van der Waals surface area contributed by atoms with E-state index in [1.54, 1.807) is 5.57 Å². The topological polar surface area (TPSA) is 79.5 Å². The van der Waals surface area contributed by atoms with Crippen molar-refractivity contribution in [3.8, 4) is 0 Å². The van der Waals surface area contributed by atoms with Crippen LogP contribution in [0.2, 0.25) is 0 Å². The van der Waals surface area contributed by atoms with Crippen molar-refractivity contribution in [2.45, 2.75) is 52.9 Å². The summed E-state index contributed by atoms with van der Waals surface area (Å²) in [6.45, 7) is 7.71. The van der Waals surface area contributed by atoms with Crippen LogP contribution in [0.3, 0.4) is 0 Å². The van der Waals surface area contributed by atoms with Crippen molar-refractivity contribution in [2.24, 2.45) is 16.1 Å². The Kier molecular flexibility index (Phi) is 7.26. The number of allylic oxidation sites excluding steroid dienone is 1. The molecule has 1 aliphatic carbocycles. The van der Waals surface area contributed by atoms with Crippen LogP contribution in [-0.2, 0) is 4.79 Å². The van der Waals surface area contributed by atoms with Crippen molar-refractivity contribution < 1.29 is 4.79 Å². The molecule has 0 atom stereocenters. The number of hydrogen-bond donors (Lipinski definition) is 3. The number of carbonyl (C=O) groups is 1. The van der Waals surface area contributed by atoms with Crippen LogP contribution in [0, 0.1) is 5.41 Å². The SMILES string of the molecule is CCNC(=NCC(C)(C)C(N)=O)NCCC1=CCCCC1. The Bertz CT molecular complexity index is 399. The summed E-state index contributed by atoms with van der Waals surface area (Å²) in [6, 6.07) is 0. The van der Waals surface area contributed by atoms with Crippen LogP contribution >= 0.6 is 0 Å². The number of rotatable bonds is 7. The molecule has 0 saturated heterocycles. The zero-order valence-electron chi connectivity index (χ0n) is 13.7. The Morgan fingerprint density at radius 2 is 2.14 bits per heavy atom. The lowest BCUT2D eigenvalue weighted by Crippen LogP contribution is -2.40. The van der Waals surface area contributed by atoms with Gasteiger partial charge < -0.3 is 16.4 Å². The molecule has 0 aromatic rings. The number of primary amides is 1. The van der Waals surface area contributed by atoms with Crippen molar-refractivity contribution in [1.29, 1.82) is 0 Å². The summed E-state index contributed by atoms with van der Waals surface area (Å²) in [4.78, 5) is 15.8. The van der Waals surface area contributed by atoms with Crippen molar-refractivity contribution in [2.75, 3.05) is 19.6 Å². The normalized spacial score (nSPS) is 16.3. The molecule has 1 aliphatic rings. The number of nitrogens with zero attached hydrogens (tertiary/aromatic N) is 1. The highest BCUT2D eigenvalue weighted by molar-refractivity contribution is 5.82. The third kappa shape index (κ3) is 6.65. The van der Waals surface area contributed by atoms with Crippen molar-refractivity contribution in [1.82, 2.24) is 10.6 Å². The van der Waals surface area contributed by atoms with E-state index in [-0.39, 0.29) is 5.91 Å². The molecule has 0 aliphatic heterocycles. The van der Waals surface area contributed by atoms with Gasteiger partial charge in [0.25, 0.3) is 0 Å². The summed E-state index contributed by atoms with van der Waals surface area (Å²) in [7, 11) is 0. The van der Waals surface area contributed by atoms with E-state index < -0.39 is 5.41 Å². The Labute approximate surface area is 128 Å². The van der Waals surface area contributed by atoms with Crippen molar-refractivity contribution >= 4 is 11.9 Å². The van der Waals surface area contributed by atoms with Gasteiger partial charge in [-0.25, -0.2) is 0 Å². The van der Waals surface area contributed by atoms with Crippen LogP contribution < -0.4 is 16.4 Å². The molecular weight excluding hydrogens is 264 g/mol. The largest absolute Gasteiger partial charge is 0.369 e. The van der Waals surface area contributed by atoms with Gasteiger partial charge in [0.05, 0.1) is 12.0 Å². The van der Waals surface area contributed by atoms with Crippen LogP contribution in [-0.4, -0.2) is 31.5 Å². The van der Waals surface area contributed by atoms with Crippen LogP contribution in [0.5, 0.6) is 0 Å². The summed E-state index contributed by atoms with van der Waals surface area (Å²) < 4.78 is 0. The maximum Gasteiger partial charge on any atom is 0.224 e. The third-order valence-electron chi connectivity index (χ3n) is 3.77. The first-order valence-corrected chi connectivity index (χ1v) is 7.95. The van der Waals surface area contributed by atoms with E-state index in [1.165, 1.54) is 25.7 Å². The fourth-order valence-electron chi connectivity index (χ4n) is 2.17. The lowest BCUT2D eigenvalue weighted by Gasteiger charge is -2.19. The molecule has 0 bridgehead atoms. The zero-order chi connectivity index (χ0) is 15.7. The number of amides is 1. The first-order chi connectivity index (χ1) is 9.95. The highest BCUT2D eigenvalue weighted by Crippen LogP contribution is 2.19. The second kappa shape index (κ2) is 8.70. The van der Waals surface area contributed by atoms with Crippen molar-refractivity contribution in [3.63, 3.8) is 0 Å². The third-order valence-corrected chi connectivity index (χ3v) is 3.77. The summed E-state index contributed by atoms with van der Waals surface area (Å²) in [5, 5.41) is 6.52. The Hall–Kier alpha value is -1.52. The molecule has 0 unspecified atom stereocenters. The minimum absolute atomic E-state index is 0.325. The highest BCUT2D eigenvalue weighted by Gasteiger charge is 2.24.